The molecule has 0 fully saturated rings. The summed E-state index contributed by atoms with van der Waals surface area (Å²) in [5.74, 6) is 0.784. The van der Waals surface area contributed by atoms with E-state index in [9.17, 15) is 9.90 Å². The average Bonchev–Trinajstić information content (AvgIpc) is 2.67. The maximum Gasteiger partial charge on any atom is 0.189 e. The zero-order valence-electron chi connectivity index (χ0n) is 11.8. The van der Waals surface area contributed by atoms with Crippen LogP contribution in [0.15, 0.2) is 29.8 Å². The van der Waals surface area contributed by atoms with Crippen molar-refractivity contribution in [1.29, 1.82) is 0 Å². The summed E-state index contributed by atoms with van der Waals surface area (Å²) in [6.07, 6.45) is 7.48. The molecule has 0 spiro atoms. The minimum absolute atomic E-state index is 0.100. The van der Waals surface area contributed by atoms with Crippen LogP contribution in [0, 0.1) is 5.92 Å². The highest BCUT2D eigenvalue weighted by Gasteiger charge is 2.25. The Hall–Kier alpha value is -1.57. The second kappa shape index (κ2) is 6.05. The Bertz CT molecular complexity index is 494. The molecule has 0 aromatic heterocycles. The smallest absolute Gasteiger partial charge is 0.189 e. The number of phenols is 1. The fraction of sp³-hybridized carbons (Fsp3) is 0.471. The zero-order chi connectivity index (χ0) is 13.8. The van der Waals surface area contributed by atoms with E-state index in [-0.39, 0.29) is 11.5 Å². The molecule has 0 amide bonds. The molecule has 0 unspecified atom stereocenters. The lowest BCUT2D eigenvalue weighted by Gasteiger charge is -2.11. The first-order valence-corrected chi connectivity index (χ1v) is 7.23. The van der Waals surface area contributed by atoms with Gasteiger partial charge in [-0.05, 0) is 36.5 Å². The summed E-state index contributed by atoms with van der Waals surface area (Å²) in [4.78, 5) is 12.3. The molecule has 2 nitrogen and oxygen atoms in total. The average molecular weight is 258 g/mol. The van der Waals surface area contributed by atoms with Crippen molar-refractivity contribution in [3.05, 3.63) is 41.0 Å². The van der Waals surface area contributed by atoms with Crippen molar-refractivity contribution in [2.75, 3.05) is 0 Å². The second-order valence-corrected chi connectivity index (χ2v) is 5.38. The van der Waals surface area contributed by atoms with Crippen molar-refractivity contribution in [2.24, 2.45) is 5.92 Å². The summed E-state index contributed by atoms with van der Waals surface area (Å²) < 4.78 is 0. The largest absolute Gasteiger partial charge is 0.508 e. The number of fused-ring (bicyclic) bond motifs is 1. The number of benzene rings is 1. The fourth-order valence-electron chi connectivity index (χ4n) is 2.86. The van der Waals surface area contributed by atoms with Crippen LogP contribution in [-0.4, -0.2) is 10.9 Å². The van der Waals surface area contributed by atoms with Gasteiger partial charge in [0.2, 0.25) is 0 Å². The zero-order valence-corrected chi connectivity index (χ0v) is 11.8. The number of carbonyl (C=O) groups excluding carboxylic acids is 1. The van der Waals surface area contributed by atoms with E-state index in [0.717, 1.165) is 43.2 Å². The molecule has 1 aliphatic carbocycles. The van der Waals surface area contributed by atoms with Crippen molar-refractivity contribution < 1.29 is 9.90 Å². The van der Waals surface area contributed by atoms with Crippen LogP contribution in [0.2, 0.25) is 0 Å². The lowest BCUT2D eigenvalue weighted by molar-refractivity contribution is 0.103. The van der Waals surface area contributed by atoms with Crippen molar-refractivity contribution in [3.63, 3.8) is 0 Å². The Morgan fingerprint density at radius 1 is 1.26 bits per heavy atom. The summed E-state index contributed by atoms with van der Waals surface area (Å²) in [5, 5.41) is 9.48. The number of hydrogen-bond donors (Lipinski definition) is 1. The summed E-state index contributed by atoms with van der Waals surface area (Å²) in [7, 11) is 0. The molecule has 0 atom stereocenters. The number of carbonyl (C=O) groups is 1. The maximum absolute atomic E-state index is 12.3. The van der Waals surface area contributed by atoms with Gasteiger partial charge < -0.3 is 5.11 Å². The van der Waals surface area contributed by atoms with E-state index in [1.54, 1.807) is 12.1 Å². The normalized spacial score (nSPS) is 16.4. The summed E-state index contributed by atoms with van der Waals surface area (Å²) in [6.45, 7) is 4.37. The van der Waals surface area contributed by atoms with Gasteiger partial charge >= 0.3 is 0 Å². The van der Waals surface area contributed by atoms with Crippen molar-refractivity contribution >= 4 is 5.78 Å². The summed E-state index contributed by atoms with van der Waals surface area (Å²) in [5.41, 5.74) is 2.63. The molecule has 1 aromatic carbocycles. The van der Waals surface area contributed by atoms with E-state index < -0.39 is 0 Å². The molecule has 0 saturated heterocycles. The summed E-state index contributed by atoms with van der Waals surface area (Å²) in [6, 6.07) is 5.11. The highest BCUT2D eigenvalue weighted by atomic mass is 16.3. The molecule has 2 heteroatoms. The molecule has 102 valence electrons. The monoisotopic (exact) mass is 258 g/mol. The fourth-order valence-corrected chi connectivity index (χ4v) is 2.86. The standard InChI is InChI=1S/C17H22O2/c1-3-5-12(6-4-2)9-14-10-13-7-8-15(18)11-16(13)17(14)19/h7-9,11-12,18H,3-6,10H2,1-2H3/b14-9+. The topological polar surface area (TPSA) is 37.3 Å². The van der Waals surface area contributed by atoms with Crippen molar-refractivity contribution in [1.82, 2.24) is 0 Å². The van der Waals surface area contributed by atoms with Gasteiger partial charge in [0.15, 0.2) is 5.78 Å². The molecular formula is C17H22O2. The molecule has 1 aromatic rings. The SMILES string of the molecule is CCCC(/C=C1\Cc2ccc(O)cc2C1=O)CCC. The van der Waals surface area contributed by atoms with E-state index in [1.165, 1.54) is 0 Å². The first-order valence-electron chi connectivity index (χ1n) is 7.23. The van der Waals surface area contributed by atoms with Gasteiger partial charge in [0, 0.05) is 17.6 Å². The van der Waals surface area contributed by atoms with E-state index >= 15 is 0 Å². The van der Waals surface area contributed by atoms with Gasteiger partial charge in [0.1, 0.15) is 5.75 Å². The van der Waals surface area contributed by atoms with Crippen LogP contribution in [0.25, 0.3) is 0 Å². The van der Waals surface area contributed by atoms with E-state index in [1.807, 2.05) is 6.07 Å². The molecule has 1 N–H and O–H groups in total. The van der Waals surface area contributed by atoms with Crippen LogP contribution in [-0.2, 0) is 6.42 Å². The van der Waals surface area contributed by atoms with Gasteiger partial charge in [0.05, 0.1) is 0 Å². The molecule has 0 radical (unpaired) electrons. The Morgan fingerprint density at radius 2 is 1.95 bits per heavy atom. The van der Waals surface area contributed by atoms with E-state index in [4.69, 9.17) is 0 Å². The Kier molecular flexibility index (Phi) is 4.41. The number of hydrogen-bond acceptors (Lipinski definition) is 2. The number of ketones is 1. The maximum atomic E-state index is 12.3. The highest BCUT2D eigenvalue weighted by molar-refractivity contribution is 6.13. The molecule has 1 aliphatic rings. The van der Waals surface area contributed by atoms with Crippen LogP contribution in [0.3, 0.4) is 0 Å². The third-order valence-electron chi connectivity index (χ3n) is 3.77. The van der Waals surface area contributed by atoms with E-state index in [0.29, 0.717) is 11.5 Å². The number of rotatable bonds is 5. The Labute approximate surface area is 115 Å². The van der Waals surface area contributed by atoms with Crippen LogP contribution in [0.5, 0.6) is 5.75 Å². The third-order valence-corrected chi connectivity index (χ3v) is 3.77. The van der Waals surface area contributed by atoms with Gasteiger partial charge in [-0.2, -0.15) is 0 Å². The van der Waals surface area contributed by atoms with Gasteiger partial charge in [-0.15, -0.1) is 0 Å². The first kappa shape index (κ1) is 13.9. The third kappa shape index (κ3) is 3.06. The van der Waals surface area contributed by atoms with Gasteiger partial charge in [0.25, 0.3) is 0 Å². The van der Waals surface area contributed by atoms with Crippen LogP contribution < -0.4 is 0 Å². The minimum atomic E-state index is 0.100. The molecule has 0 heterocycles. The second-order valence-electron chi connectivity index (χ2n) is 5.38. The number of allylic oxidation sites excluding steroid dienone is 2. The molecule has 0 aliphatic heterocycles. The van der Waals surface area contributed by atoms with Crippen LogP contribution in [0.4, 0.5) is 0 Å². The predicted octanol–water partition coefficient (Wildman–Crippen LogP) is 4.27. The molecule has 0 saturated carbocycles. The summed E-state index contributed by atoms with van der Waals surface area (Å²) >= 11 is 0. The molecule has 19 heavy (non-hydrogen) atoms. The first-order chi connectivity index (χ1) is 9.15. The number of Topliss-reactive ketones (excluding diaryl/α,β-unsaturated/α-hetero) is 1. The molecule has 2 rings (SSSR count). The lowest BCUT2D eigenvalue weighted by Crippen LogP contribution is -2.02. The lowest BCUT2D eigenvalue weighted by atomic mass is 9.94. The van der Waals surface area contributed by atoms with E-state index in [2.05, 4.69) is 19.9 Å². The van der Waals surface area contributed by atoms with Gasteiger partial charge in [-0.3, -0.25) is 4.79 Å². The highest BCUT2D eigenvalue weighted by Crippen LogP contribution is 2.31. The van der Waals surface area contributed by atoms with Gasteiger partial charge in [-0.25, -0.2) is 0 Å². The Morgan fingerprint density at radius 3 is 2.58 bits per heavy atom. The molecular weight excluding hydrogens is 236 g/mol. The van der Waals surface area contributed by atoms with Gasteiger partial charge in [-0.1, -0.05) is 38.8 Å². The Balaban J connectivity index is 2.22. The van der Waals surface area contributed by atoms with Crippen LogP contribution >= 0.6 is 0 Å². The minimum Gasteiger partial charge on any atom is -0.508 e. The van der Waals surface area contributed by atoms with Crippen molar-refractivity contribution in [2.45, 2.75) is 46.0 Å². The predicted molar refractivity (Wildman–Crippen MR) is 77.5 cm³/mol. The number of aromatic hydroxyl groups is 1. The van der Waals surface area contributed by atoms with Crippen molar-refractivity contribution in [3.8, 4) is 5.75 Å². The molecule has 0 bridgehead atoms. The quantitative estimate of drug-likeness (QED) is 0.801. The van der Waals surface area contributed by atoms with Crippen LogP contribution in [0.1, 0.15) is 55.5 Å². The number of phenolic OH excluding ortho intramolecular Hbond substituents is 1.